The van der Waals surface area contributed by atoms with Crippen LogP contribution < -0.4 is 0 Å². The van der Waals surface area contributed by atoms with Crippen molar-refractivity contribution >= 4 is 27.5 Å². The van der Waals surface area contributed by atoms with E-state index in [1.54, 1.807) is 0 Å². The average Bonchev–Trinajstić information content (AvgIpc) is 2.21. The molecule has 1 rings (SSSR count). The minimum Gasteiger partial charge on any atom is -0.388 e. The zero-order valence-electron chi connectivity index (χ0n) is 9.71. The van der Waals surface area contributed by atoms with Crippen molar-refractivity contribution in [1.29, 1.82) is 0 Å². The van der Waals surface area contributed by atoms with Crippen LogP contribution in [-0.4, -0.2) is 5.11 Å². The molecule has 0 spiro atoms. The number of aliphatic hydroxyl groups is 1. The van der Waals surface area contributed by atoms with Gasteiger partial charge >= 0.3 is 0 Å². The second-order valence-electron chi connectivity index (χ2n) is 4.48. The quantitative estimate of drug-likeness (QED) is 0.815. The van der Waals surface area contributed by atoms with E-state index in [-0.39, 0.29) is 0 Å². The van der Waals surface area contributed by atoms with Gasteiger partial charge in [-0.05, 0) is 34.3 Å². The van der Waals surface area contributed by atoms with Crippen LogP contribution in [0.4, 0.5) is 0 Å². The molecule has 1 N–H and O–H groups in total. The summed E-state index contributed by atoms with van der Waals surface area (Å²) in [6.07, 6.45) is 2.49. The number of hydrogen-bond donors (Lipinski definition) is 1. The molecule has 1 atom stereocenters. The molecule has 3 heteroatoms. The molecule has 0 radical (unpaired) electrons. The third kappa shape index (κ3) is 4.08. The molecule has 16 heavy (non-hydrogen) atoms. The third-order valence-electron chi connectivity index (χ3n) is 2.60. The summed E-state index contributed by atoms with van der Waals surface area (Å²) in [5, 5.41) is 10.7. The lowest BCUT2D eigenvalue weighted by Crippen LogP contribution is -2.00. The molecule has 0 saturated carbocycles. The van der Waals surface area contributed by atoms with Crippen LogP contribution in [0.1, 0.15) is 44.8 Å². The SMILES string of the molecule is CC(C)CCCC(O)c1cccc(Br)c1Cl. The van der Waals surface area contributed by atoms with Crippen molar-refractivity contribution in [3.63, 3.8) is 0 Å². The Labute approximate surface area is 111 Å². The predicted molar refractivity (Wildman–Crippen MR) is 72.8 cm³/mol. The van der Waals surface area contributed by atoms with Crippen molar-refractivity contribution in [3.8, 4) is 0 Å². The maximum Gasteiger partial charge on any atom is 0.0804 e. The van der Waals surface area contributed by atoms with Gasteiger partial charge < -0.3 is 5.11 Å². The lowest BCUT2D eigenvalue weighted by atomic mass is 10.0. The summed E-state index contributed by atoms with van der Waals surface area (Å²) in [4.78, 5) is 0. The van der Waals surface area contributed by atoms with Crippen LogP contribution in [0.5, 0.6) is 0 Å². The van der Waals surface area contributed by atoms with E-state index in [9.17, 15) is 5.11 Å². The smallest absolute Gasteiger partial charge is 0.0804 e. The summed E-state index contributed by atoms with van der Waals surface area (Å²) in [5.74, 6) is 0.685. The first-order valence-corrected chi connectivity index (χ1v) is 6.81. The number of aliphatic hydroxyl groups excluding tert-OH is 1. The van der Waals surface area contributed by atoms with Crippen LogP contribution in [0, 0.1) is 5.92 Å². The second kappa shape index (κ2) is 6.63. The van der Waals surface area contributed by atoms with Gasteiger partial charge in [-0.2, -0.15) is 0 Å². The van der Waals surface area contributed by atoms with Gasteiger partial charge in [0.05, 0.1) is 11.1 Å². The summed E-state index contributed by atoms with van der Waals surface area (Å²) in [5.41, 5.74) is 0.819. The van der Waals surface area contributed by atoms with E-state index >= 15 is 0 Å². The molecular formula is C13H18BrClO. The molecule has 0 bridgehead atoms. The maximum atomic E-state index is 10.0. The van der Waals surface area contributed by atoms with Crippen molar-refractivity contribution in [2.24, 2.45) is 5.92 Å². The van der Waals surface area contributed by atoms with Crippen molar-refractivity contribution < 1.29 is 5.11 Å². The van der Waals surface area contributed by atoms with Gasteiger partial charge in [-0.1, -0.05) is 50.4 Å². The molecule has 0 amide bonds. The Kier molecular flexibility index (Phi) is 5.81. The van der Waals surface area contributed by atoms with E-state index < -0.39 is 6.10 Å². The topological polar surface area (TPSA) is 20.2 Å². The number of benzene rings is 1. The molecule has 1 unspecified atom stereocenters. The monoisotopic (exact) mass is 304 g/mol. The molecule has 0 fully saturated rings. The lowest BCUT2D eigenvalue weighted by Gasteiger charge is -2.14. The highest BCUT2D eigenvalue weighted by Gasteiger charge is 2.13. The Balaban J connectivity index is 2.59. The number of hydrogen-bond acceptors (Lipinski definition) is 1. The summed E-state index contributed by atoms with van der Waals surface area (Å²) in [7, 11) is 0. The van der Waals surface area contributed by atoms with Gasteiger partial charge in [0.2, 0.25) is 0 Å². The summed E-state index contributed by atoms with van der Waals surface area (Å²) in [6, 6.07) is 5.66. The number of halogens is 2. The number of rotatable bonds is 5. The van der Waals surface area contributed by atoms with Gasteiger partial charge in [0, 0.05) is 10.0 Å². The van der Waals surface area contributed by atoms with Gasteiger partial charge in [-0.15, -0.1) is 0 Å². The van der Waals surface area contributed by atoms with E-state index in [1.165, 1.54) is 0 Å². The van der Waals surface area contributed by atoms with E-state index in [0.29, 0.717) is 10.9 Å². The molecule has 0 saturated heterocycles. The minimum atomic E-state index is -0.455. The van der Waals surface area contributed by atoms with Gasteiger partial charge in [0.15, 0.2) is 0 Å². The fourth-order valence-corrected chi connectivity index (χ4v) is 2.29. The highest BCUT2D eigenvalue weighted by molar-refractivity contribution is 9.10. The second-order valence-corrected chi connectivity index (χ2v) is 5.72. The van der Waals surface area contributed by atoms with Crippen LogP contribution in [0.2, 0.25) is 5.02 Å². The van der Waals surface area contributed by atoms with Crippen molar-refractivity contribution in [2.75, 3.05) is 0 Å². The summed E-state index contributed by atoms with van der Waals surface area (Å²) >= 11 is 9.49. The fourth-order valence-electron chi connectivity index (χ4n) is 1.65. The normalized spacial score (nSPS) is 13.1. The van der Waals surface area contributed by atoms with Crippen LogP contribution in [0.3, 0.4) is 0 Å². The molecule has 1 nitrogen and oxygen atoms in total. The standard InChI is InChI=1S/C13H18BrClO/c1-9(2)5-3-8-12(16)10-6-4-7-11(14)13(10)15/h4,6-7,9,12,16H,3,5,8H2,1-2H3. The maximum absolute atomic E-state index is 10.0. The van der Waals surface area contributed by atoms with Crippen molar-refractivity contribution in [2.45, 2.75) is 39.2 Å². The Hall–Kier alpha value is -0.0500. The molecule has 90 valence electrons. The molecule has 0 aliphatic heterocycles. The molecule has 0 aromatic heterocycles. The van der Waals surface area contributed by atoms with Gasteiger partial charge in [0.1, 0.15) is 0 Å². The van der Waals surface area contributed by atoms with Crippen molar-refractivity contribution in [1.82, 2.24) is 0 Å². The first kappa shape index (κ1) is 14.0. The van der Waals surface area contributed by atoms with Crippen LogP contribution >= 0.6 is 27.5 Å². The van der Waals surface area contributed by atoms with E-state index in [0.717, 1.165) is 29.3 Å². The van der Waals surface area contributed by atoms with Gasteiger partial charge in [-0.25, -0.2) is 0 Å². The van der Waals surface area contributed by atoms with E-state index in [4.69, 9.17) is 11.6 Å². The zero-order chi connectivity index (χ0) is 12.1. The first-order valence-electron chi connectivity index (χ1n) is 5.64. The van der Waals surface area contributed by atoms with Crippen molar-refractivity contribution in [3.05, 3.63) is 33.3 Å². The minimum absolute atomic E-state index is 0.455. The zero-order valence-corrected chi connectivity index (χ0v) is 12.1. The molecule has 0 aliphatic carbocycles. The lowest BCUT2D eigenvalue weighted by molar-refractivity contribution is 0.162. The Morgan fingerprint density at radius 3 is 2.62 bits per heavy atom. The summed E-state index contributed by atoms with van der Waals surface area (Å²) < 4.78 is 0.842. The molecule has 1 aromatic carbocycles. The average molecular weight is 306 g/mol. The predicted octanol–water partition coefficient (Wildman–Crippen LogP) is 4.96. The molecule has 1 aromatic rings. The largest absolute Gasteiger partial charge is 0.388 e. The van der Waals surface area contributed by atoms with Crippen LogP contribution in [-0.2, 0) is 0 Å². The van der Waals surface area contributed by atoms with Gasteiger partial charge in [-0.3, -0.25) is 0 Å². The van der Waals surface area contributed by atoms with Gasteiger partial charge in [0.25, 0.3) is 0 Å². The fraction of sp³-hybridized carbons (Fsp3) is 0.538. The Bertz CT molecular complexity index is 339. The molecule has 0 aliphatic rings. The van der Waals surface area contributed by atoms with E-state index in [2.05, 4.69) is 29.8 Å². The Morgan fingerprint density at radius 2 is 2.00 bits per heavy atom. The van der Waals surface area contributed by atoms with Crippen LogP contribution in [0.25, 0.3) is 0 Å². The van der Waals surface area contributed by atoms with E-state index in [1.807, 2.05) is 18.2 Å². The highest BCUT2D eigenvalue weighted by Crippen LogP contribution is 2.32. The first-order chi connectivity index (χ1) is 7.52. The third-order valence-corrected chi connectivity index (χ3v) is 3.91. The molecule has 0 heterocycles. The highest BCUT2D eigenvalue weighted by atomic mass is 79.9. The molecular weight excluding hydrogens is 287 g/mol. The van der Waals surface area contributed by atoms with Crippen LogP contribution in [0.15, 0.2) is 22.7 Å². The summed E-state index contributed by atoms with van der Waals surface area (Å²) in [6.45, 7) is 4.39. The Morgan fingerprint density at radius 1 is 1.31 bits per heavy atom.